The zero-order valence-corrected chi connectivity index (χ0v) is 13.5. The van der Waals surface area contributed by atoms with Gasteiger partial charge in [-0.3, -0.25) is 4.79 Å². The van der Waals surface area contributed by atoms with Crippen LogP contribution in [0.15, 0.2) is 22.7 Å². The van der Waals surface area contributed by atoms with E-state index in [0.29, 0.717) is 6.42 Å². The number of nitrogens with one attached hydrogen (secondary N) is 1. The summed E-state index contributed by atoms with van der Waals surface area (Å²) in [4.78, 5) is 23.0. The van der Waals surface area contributed by atoms with Crippen molar-refractivity contribution >= 4 is 27.8 Å². The zero-order valence-electron chi connectivity index (χ0n) is 11.9. The Bertz CT molecular complexity index is 500. The van der Waals surface area contributed by atoms with E-state index in [1.54, 1.807) is 0 Å². The van der Waals surface area contributed by atoms with Crippen LogP contribution >= 0.6 is 15.9 Å². The Morgan fingerprint density at radius 2 is 2.00 bits per heavy atom. The topological polar surface area (TPSA) is 66.4 Å². The van der Waals surface area contributed by atoms with Crippen LogP contribution in [0, 0.1) is 12.8 Å². The third-order valence-corrected chi connectivity index (χ3v) is 3.80. The molecule has 1 unspecified atom stereocenters. The van der Waals surface area contributed by atoms with Crippen LogP contribution in [0.1, 0.15) is 31.4 Å². The predicted octanol–water partition coefficient (Wildman–Crippen LogP) is 2.92. The molecule has 0 bridgehead atoms. The summed E-state index contributed by atoms with van der Waals surface area (Å²) >= 11 is 3.42. The molecule has 110 valence electrons. The van der Waals surface area contributed by atoms with Gasteiger partial charge >= 0.3 is 5.97 Å². The van der Waals surface area contributed by atoms with Gasteiger partial charge in [0.15, 0.2) is 0 Å². The lowest BCUT2D eigenvalue weighted by atomic mass is 10.0. The van der Waals surface area contributed by atoms with E-state index in [0.717, 1.165) is 15.6 Å². The lowest BCUT2D eigenvalue weighted by molar-refractivity contribution is -0.142. The number of halogens is 1. The molecule has 1 amide bonds. The molecule has 1 aromatic carbocycles. The minimum absolute atomic E-state index is 0.181. The first-order chi connectivity index (χ1) is 9.29. The fourth-order valence-electron chi connectivity index (χ4n) is 1.87. The first kappa shape index (κ1) is 16.7. The molecule has 20 heavy (non-hydrogen) atoms. The van der Waals surface area contributed by atoms with Gasteiger partial charge in [-0.1, -0.05) is 41.9 Å². The van der Waals surface area contributed by atoms with Gasteiger partial charge in [0.05, 0.1) is 6.42 Å². The lowest BCUT2D eigenvalue weighted by Gasteiger charge is -2.16. The van der Waals surface area contributed by atoms with Crippen molar-refractivity contribution in [1.29, 1.82) is 0 Å². The second-order valence-corrected chi connectivity index (χ2v) is 6.20. The molecular formula is C15H20BrNO3. The number of carboxylic acid groups (broad SMARTS) is 1. The summed E-state index contributed by atoms with van der Waals surface area (Å²) in [7, 11) is 0. The maximum atomic E-state index is 11.9. The van der Waals surface area contributed by atoms with E-state index in [2.05, 4.69) is 21.2 Å². The van der Waals surface area contributed by atoms with E-state index in [-0.39, 0.29) is 18.2 Å². The van der Waals surface area contributed by atoms with E-state index in [1.807, 2.05) is 39.0 Å². The Morgan fingerprint density at radius 3 is 2.50 bits per heavy atom. The SMILES string of the molecule is Cc1ccc(CC(=O)NC(CC(C)C)C(=O)O)cc1Br. The Hall–Kier alpha value is -1.36. The van der Waals surface area contributed by atoms with Crippen molar-refractivity contribution in [2.45, 2.75) is 39.7 Å². The van der Waals surface area contributed by atoms with Crippen LogP contribution in [-0.4, -0.2) is 23.0 Å². The number of aryl methyl sites for hydroxylation is 1. The molecule has 0 heterocycles. The number of hydrogen-bond acceptors (Lipinski definition) is 2. The highest BCUT2D eigenvalue weighted by Crippen LogP contribution is 2.17. The fraction of sp³-hybridized carbons (Fsp3) is 0.467. The standard InChI is InChI=1S/C15H20BrNO3/c1-9(2)6-13(15(19)20)17-14(18)8-11-5-4-10(3)12(16)7-11/h4-5,7,9,13H,6,8H2,1-3H3,(H,17,18)(H,19,20). The molecule has 0 saturated heterocycles. The molecule has 0 aliphatic heterocycles. The molecule has 1 atom stereocenters. The van der Waals surface area contributed by atoms with Crippen LogP contribution in [0.2, 0.25) is 0 Å². The van der Waals surface area contributed by atoms with Crippen LogP contribution < -0.4 is 5.32 Å². The van der Waals surface area contributed by atoms with Crippen LogP contribution in [0.4, 0.5) is 0 Å². The minimum Gasteiger partial charge on any atom is -0.480 e. The quantitative estimate of drug-likeness (QED) is 0.835. The highest BCUT2D eigenvalue weighted by atomic mass is 79.9. The highest BCUT2D eigenvalue weighted by molar-refractivity contribution is 9.10. The molecule has 0 aromatic heterocycles. The van der Waals surface area contributed by atoms with Crippen molar-refractivity contribution in [2.24, 2.45) is 5.92 Å². The van der Waals surface area contributed by atoms with Crippen LogP contribution in [0.25, 0.3) is 0 Å². The third kappa shape index (κ3) is 5.33. The number of aliphatic carboxylic acids is 1. The van der Waals surface area contributed by atoms with Crippen molar-refractivity contribution in [3.63, 3.8) is 0 Å². The number of carbonyl (C=O) groups excluding carboxylic acids is 1. The van der Waals surface area contributed by atoms with Gasteiger partial charge in [-0.25, -0.2) is 4.79 Å². The smallest absolute Gasteiger partial charge is 0.326 e. The molecule has 0 saturated carbocycles. The normalized spacial score (nSPS) is 12.2. The summed E-state index contributed by atoms with van der Waals surface area (Å²) < 4.78 is 0.944. The van der Waals surface area contributed by atoms with Crippen molar-refractivity contribution in [1.82, 2.24) is 5.32 Å². The molecule has 2 N–H and O–H groups in total. The molecule has 4 nitrogen and oxygen atoms in total. The van der Waals surface area contributed by atoms with Gasteiger partial charge < -0.3 is 10.4 Å². The maximum Gasteiger partial charge on any atom is 0.326 e. The summed E-state index contributed by atoms with van der Waals surface area (Å²) in [6.45, 7) is 5.83. The Morgan fingerprint density at radius 1 is 1.35 bits per heavy atom. The van der Waals surface area contributed by atoms with Gasteiger partial charge in [-0.05, 0) is 36.5 Å². The van der Waals surface area contributed by atoms with Crippen LogP contribution in [0.3, 0.4) is 0 Å². The molecule has 1 rings (SSSR count). The number of hydrogen-bond donors (Lipinski definition) is 2. The van der Waals surface area contributed by atoms with E-state index < -0.39 is 12.0 Å². The summed E-state index contributed by atoms with van der Waals surface area (Å²) in [5.41, 5.74) is 1.95. The minimum atomic E-state index is -0.989. The van der Waals surface area contributed by atoms with E-state index >= 15 is 0 Å². The second-order valence-electron chi connectivity index (χ2n) is 5.35. The maximum absolute atomic E-state index is 11.9. The summed E-state index contributed by atoms with van der Waals surface area (Å²) in [5.74, 6) is -1.05. The second kappa shape index (κ2) is 7.43. The van der Waals surface area contributed by atoms with E-state index in [9.17, 15) is 9.59 Å². The molecule has 0 aliphatic carbocycles. The number of carboxylic acids is 1. The summed E-state index contributed by atoms with van der Waals surface area (Å²) in [6, 6.07) is 4.86. The molecule has 5 heteroatoms. The van der Waals surface area contributed by atoms with Crippen LogP contribution in [-0.2, 0) is 16.0 Å². The average molecular weight is 342 g/mol. The van der Waals surface area contributed by atoms with Gasteiger partial charge in [0.25, 0.3) is 0 Å². The Kier molecular flexibility index (Phi) is 6.20. The van der Waals surface area contributed by atoms with Crippen molar-refractivity contribution < 1.29 is 14.7 Å². The number of rotatable bonds is 6. The van der Waals surface area contributed by atoms with Gasteiger partial charge in [0, 0.05) is 4.47 Å². The first-order valence-electron chi connectivity index (χ1n) is 6.56. The Balaban J connectivity index is 2.65. The lowest BCUT2D eigenvalue weighted by Crippen LogP contribution is -2.42. The van der Waals surface area contributed by atoms with Crippen molar-refractivity contribution in [3.8, 4) is 0 Å². The molecule has 0 spiro atoms. The first-order valence-corrected chi connectivity index (χ1v) is 7.36. The molecule has 0 aliphatic rings. The summed E-state index contributed by atoms with van der Waals surface area (Å²) in [6.07, 6.45) is 0.611. The van der Waals surface area contributed by atoms with Gasteiger partial charge in [0.1, 0.15) is 6.04 Å². The third-order valence-electron chi connectivity index (χ3n) is 2.94. The van der Waals surface area contributed by atoms with Crippen molar-refractivity contribution in [2.75, 3.05) is 0 Å². The molecular weight excluding hydrogens is 322 g/mol. The highest BCUT2D eigenvalue weighted by Gasteiger charge is 2.21. The van der Waals surface area contributed by atoms with E-state index in [1.165, 1.54) is 0 Å². The monoisotopic (exact) mass is 341 g/mol. The molecule has 1 aromatic rings. The molecule has 0 fully saturated rings. The average Bonchev–Trinajstić information content (AvgIpc) is 2.32. The predicted molar refractivity (Wildman–Crippen MR) is 81.6 cm³/mol. The van der Waals surface area contributed by atoms with Gasteiger partial charge in [0.2, 0.25) is 5.91 Å². The van der Waals surface area contributed by atoms with Gasteiger partial charge in [-0.2, -0.15) is 0 Å². The fourth-order valence-corrected chi connectivity index (χ4v) is 2.30. The van der Waals surface area contributed by atoms with E-state index in [4.69, 9.17) is 5.11 Å². The van der Waals surface area contributed by atoms with Gasteiger partial charge in [-0.15, -0.1) is 0 Å². The number of benzene rings is 1. The van der Waals surface area contributed by atoms with Crippen molar-refractivity contribution in [3.05, 3.63) is 33.8 Å². The summed E-state index contributed by atoms with van der Waals surface area (Å²) in [5, 5.41) is 11.7. The number of carbonyl (C=O) groups is 2. The zero-order chi connectivity index (χ0) is 15.3. The number of amides is 1. The Labute approximate surface area is 127 Å². The largest absolute Gasteiger partial charge is 0.480 e. The van der Waals surface area contributed by atoms with Crippen LogP contribution in [0.5, 0.6) is 0 Å². The molecule has 0 radical (unpaired) electrons.